The highest BCUT2D eigenvalue weighted by molar-refractivity contribution is 9.10. The summed E-state index contributed by atoms with van der Waals surface area (Å²) in [6.45, 7) is 0.0921. The molecular formula is C15H12BrFO3. The molecule has 0 atom stereocenters. The van der Waals surface area contributed by atoms with Crippen LogP contribution >= 0.6 is 15.9 Å². The lowest BCUT2D eigenvalue weighted by molar-refractivity contribution is 0.112. The van der Waals surface area contributed by atoms with Crippen molar-refractivity contribution in [2.24, 2.45) is 0 Å². The van der Waals surface area contributed by atoms with E-state index in [4.69, 9.17) is 9.47 Å². The molecule has 0 aromatic heterocycles. The first-order chi connectivity index (χ1) is 9.63. The molecule has 0 saturated heterocycles. The van der Waals surface area contributed by atoms with Gasteiger partial charge in [-0.15, -0.1) is 0 Å². The molecule has 0 heterocycles. The summed E-state index contributed by atoms with van der Waals surface area (Å²) in [5, 5.41) is 0. The summed E-state index contributed by atoms with van der Waals surface area (Å²) in [6, 6.07) is 9.54. The maximum Gasteiger partial charge on any atom is 0.150 e. The van der Waals surface area contributed by atoms with E-state index in [0.717, 1.165) is 6.29 Å². The predicted molar refractivity (Wildman–Crippen MR) is 76.8 cm³/mol. The van der Waals surface area contributed by atoms with Crippen molar-refractivity contribution in [3.8, 4) is 11.5 Å². The lowest BCUT2D eigenvalue weighted by Gasteiger charge is -2.10. The molecule has 0 unspecified atom stereocenters. The molecule has 2 aromatic rings. The van der Waals surface area contributed by atoms with Crippen molar-refractivity contribution in [3.63, 3.8) is 0 Å². The maximum atomic E-state index is 13.7. The van der Waals surface area contributed by atoms with Gasteiger partial charge in [-0.1, -0.05) is 0 Å². The third-order valence-electron chi connectivity index (χ3n) is 2.74. The topological polar surface area (TPSA) is 35.5 Å². The standard InChI is InChI=1S/C15H12BrFO3/c1-19-12-4-3-11(14(17)7-12)9-20-15-5-2-10(8-18)6-13(15)16/h2-8H,9H2,1H3. The number of ether oxygens (including phenoxy) is 2. The quantitative estimate of drug-likeness (QED) is 0.773. The summed E-state index contributed by atoms with van der Waals surface area (Å²) in [4.78, 5) is 10.6. The fourth-order valence-electron chi connectivity index (χ4n) is 1.64. The average molecular weight is 339 g/mol. The molecule has 2 aromatic carbocycles. The van der Waals surface area contributed by atoms with Gasteiger partial charge in [-0.3, -0.25) is 4.79 Å². The van der Waals surface area contributed by atoms with E-state index in [1.54, 1.807) is 30.3 Å². The summed E-state index contributed by atoms with van der Waals surface area (Å²) >= 11 is 3.31. The van der Waals surface area contributed by atoms with Crippen molar-refractivity contribution in [1.82, 2.24) is 0 Å². The molecule has 0 radical (unpaired) electrons. The zero-order chi connectivity index (χ0) is 14.5. The van der Waals surface area contributed by atoms with Gasteiger partial charge in [-0.2, -0.15) is 0 Å². The number of benzene rings is 2. The largest absolute Gasteiger partial charge is 0.497 e. The molecule has 3 nitrogen and oxygen atoms in total. The van der Waals surface area contributed by atoms with E-state index in [-0.39, 0.29) is 12.4 Å². The molecule has 104 valence electrons. The SMILES string of the molecule is COc1ccc(COc2ccc(C=O)cc2Br)c(F)c1. The fourth-order valence-corrected chi connectivity index (χ4v) is 2.15. The van der Waals surface area contributed by atoms with Crippen LogP contribution in [0, 0.1) is 5.82 Å². The maximum absolute atomic E-state index is 13.7. The van der Waals surface area contributed by atoms with E-state index in [9.17, 15) is 9.18 Å². The highest BCUT2D eigenvalue weighted by atomic mass is 79.9. The summed E-state index contributed by atoms with van der Waals surface area (Å²) < 4.78 is 24.9. The van der Waals surface area contributed by atoms with Gasteiger partial charge in [0.1, 0.15) is 30.2 Å². The summed E-state index contributed by atoms with van der Waals surface area (Å²) in [5.41, 5.74) is 0.969. The molecule has 0 fully saturated rings. The second-order valence-corrected chi connectivity index (χ2v) is 4.91. The number of carbonyl (C=O) groups is 1. The van der Waals surface area contributed by atoms with Gasteiger partial charge in [0.15, 0.2) is 0 Å². The normalized spacial score (nSPS) is 10.2. The lowest BCUT2D eigenvalue weighted by Crippen LogP contribution is -2.00. The van der Waals surface area contributed by atoms with Gasteiger partial charge in [0.2, 0.25) is 0 Å². The molecule has 20 heavy (non-hydrogen) atoms. The van der Waals surface area contributed by atoms with Crippen LogP contribution < -0.4 is 9.47 Å². The van der Waals surface area contributed by atoms with Gasteiger partial charge >= 0.3 is 0 Å². The van der Waals surface area contributed by atoms with Crippen molar-refractivity contribution in [2.75, 3.05) is 7.11 Å². The number of carbonyl (C=O) groups excluding carboxylic acids is 1. The van der Waals surface area contributed by atoms with E-state index in [2.05, 4.69) is 15.9 Å². The Labute approximate surface area is 124 Å². The highest BCUT2D eigenvalue weighted by Crippen LogP contribution is 2.27. The Bertz CT molecular complexity index is 629. The Kier molecular flexibility index (Phi) is 4.74. The van der Waals surface area contributed by atoms with Crippen LogP contribution in [0.3, 0.4) is 0 Å². The van der Waals surface area contributed by atoms with E-state index in [1.807, 2.05) is 0 Å². The number of hydrogen-bond acceptors (Lipinski definition) is 3. The van der Waals surface area contributed by atoms with E-state index >= 15 is 0 Å². The van der Waals surface area contributed by atoms with Gasteiger partial charge in [0.05, 0.1) is 11.6 Å². The molecule has 0 spiro atoms. The molecule has 0 bridgehead atoms. The molecule has 2 rings (SSSR count). The number of aldehydes is 1. The Balaban J connectivity index is 2.10. The Morgan fingerprint density at radius 3 is 2.65 bits per heavy atom. The fraction of sp³-hybridized carbons (Fsp3) is 0.133. The Morgan fingerprint density at radius 2 is 2.05 bits per heavy atom. The van der Waals surface area contributed by atoms with Gasteiger partial charge in [0.25, 0.3) is 0 Å². The van der Waals surface area contributed by atoms with E-state index < -0.39 is 0 Å². The van der Waals surface area contributed by atoms with Gasteiger partial charge < -0.3 is 9.47 Å². The summed E-state index contributed by atoms with van der Waals surface area (Å²) in [6.07, 6.45) is 0.748. The number of rotatable bonds is 5. The first-order valence-electron chi connectivity index (χ1n) is 5.84. The Hall–Kier alpha value is -1.88. The Morgan fingerprint density at radius 1 is 1.25 bits per heavy atom. The van der Waals surface area contributed by atoms with Gasteiger partial charge in [-0.25, -0.2) is 4.39 Å². The van der Waals surface area contributed by atoms with Crippen LogP contribution in [0.25, 0.3) is 0 Å². The third kappa shape index (κ3) is 3.36. The first kappa shape index (κ1) is 14.5. The predicted octanol–water partition coefficient (Wildman–Crippen LogP) is 3.99. The van der Waals surface area contributed by atoms with Crippen molar-refractivity contribution < 1.29 is 18.7 Å². The average Bonchev–Trinajstić information content (AvgIpc) is 2.46. The molecule has 0 aliphatic heterocycles. The van der Waals surface area contributed by atoms with Crippen LogP contribution in [0.5, 0.6) is 11.5 Å². The highest BCUT2D eigenvalue weighted by Gasteiger charge is 2.07. The van der Waals surface area contributed by atoms with Crippen LogP contribution in [0.4, 0.5) is 4.39 Å². The summed E-state index contributed by atoms with van der Waals surface area (Å²) in [7, 11) is 1.48. The second kappa shape index (κ2) is 6.52. The molecule has 0 amide bonds. The number of halogens is 2. The van der Waals surface area contributed by atoms with E-state index in [1.165, 1.54) is 13.2 Å². The number of methoxy groups -OCH3 is 1. The molecule has 0 saturated carbocycles. The van der Waals surface area contributed by atoms with Gasteiger partial charge in [-0.05, 0) is 46.3 Å². The molecule has 0 N–H and O–H groups in total. The van der Waals surface area contributed by atoms with Crippen LogP contribution in [0.1, 0.15) is 15.9 Å². The zero-order valence-electron chi connectivity index (χ0n) is 10.7. The third-order valence-corrected chi connectivity index (χ3v) is 3.36. The van der Waals surface area contributed by atoms with Crippen molar-refractivity contribution in [1.29, 1.82) is 0 Å². The number of hydrogen-bond donors (Lipinski definition) is 0. The minimum absolute atomic E-state index is 0.0921. The van der Waals surface area contributed by atoms with Crippen molar-refractivity contribution in [3.05, 3.63) is 57.8 Å². The minimum Gasteiger partial charge on any atom is -0.497 e. The molecular weight excluding hydrogens is 327 g/mol. The van der Waals surface area contributed by atoms with Crippen LogP contribution in [0.15, 0.2) is 40.9 Å². The molecule has 0 aliphatic carbocycles. The summed E-state index contributed by atoms with van der Waals surface area (Å²) in [5.74, 6) is 0.624. The second-order valence-electron chi connectivity index (χ2n) is 4.05. The van der Waals surface area contributed by atoms with Crippen molar-refractivity contribution >= 4 is 22.2 Å². The van der Waals surface area contributed by atoms with Crippen LogP contribution in [-0.4, -0.2) is 13.4 Å². The zero-order valence-corrected chi connectivity index (χ0v) is 12.3. The van der Waals surface area contributed by atoms with Crippen molar-refractivity contribution in [2.45, 2.75) is 6.61 Å². The molecule has 5 heteroatoms. The monoisotopic (exact) mass is 338 g/mol. The lowest BCUT2D eigenvalue weighted by atomic mass is 10.2. The minimum atomic E-state index is -0.384. The first-order valence-corrected chi connectivity index (χ1v) is 6.63. The molecule has 0 aliphatic rings. The van der Waals surface area contributed by atoms with E-state index in [0.29, 0.717) is 27.1 Å². The smallest absolute Gasteiger partial charge is 0.150 e. The van der Waals surface area contributed by atoms with Gasteiger partial charge in [0, 0.05) is 17.2 Å². The van der Waals surface area contributed by atoms with Crippen LogP contribution in [0.2, 0.25) is 0 Å². The van der Waals surface area contributed by atoms with Crippen LogP contribution in [-0.2, 0) is 6.61 Å².